The van der Waals surface area contributed by atoms with Crippen LogP contribution in [0.1, 0.15) is 51.2 Å². The third-order valence-corrected chi connectivity index (χ3v) is 6.75. The third-order valence-electron chi connectivity index (χ3n) is 6.75. The normalized spacial score (nSPS) is 19.3. The van der Waals surface area contributed by atoms with E-state index in [1.807, 2.05) is 24.3 Å². The van der Waals surface area contributed by atoms with Gasteiger partial charge in [0.2, 0.25) is 0 Å². The first-order valence-electron chi connectivity index (χ1n) is 10.9. The average molecular weight is 405 g/mol. The van der Waals surface area contributed by atoms with E-state index < -0.39 is 0 Å². The van der Waals surface area contributed by atoms with Gasteiger partial charge in [-0.15, -0.1) is 0 Å². The maximum absolute atomic E-state index is 11.2. The number of phenols is 2. The molecule has 156 valence electrons. The molecule has 6 heteroatoms. The van der Waals surface area contributed by atoms with Crippen molar-refractivity contribution < 1.29 is 10.2 Å². The van der Waals surface area contributed by atoms with Crippen LogP contribution in [0.2, 0.25) is 0 Å². The lowest BCUT2D eigenvalue weighted by molar-refractivity contribution is 0.219. The molecule has 0 spiro atoms. The highest BCUT2D eigenvalue weighted by Crippen LogP contribution is 2.43. The molecule has 0 saturated heterocycles. The summed E-state index contributed by atoms with van der Waals surface area (Å²) in [6, 6.07) is 7.88. The summed E-state index contributed by atoms with van der Waals surface area (Å²) in [5, 5.41) is 26.5. The number of benzene rings is 3. The fraction of sp³-hybridized carbons (Fsp3) is 0.417. The largest absolute Gasteiger partial charge is 0.507 e. The van der Waals surface area contributed by atoms with Crippen molar-refractivity contribution in [2.75, 3.05) is 26.2 Å². The molecule has 0 saturated carbocycles. The Hall–Kier alpha value is -2.70. The van der Waals surface area contributed by atoms with Crippen LogP contribution in [0.5, 0.6) is 11.5 Å². The predicted molar refractivity (Wildman–Crippen MR) is 118 cm³/mol. The molecule has 6 nitrogen and oxygen atoms in total. The van der Waals surface area contributed by atoms with Crippen molar-refractivity contribution in [3.05, 3.63) is 46.1 Å². The standard InChI is InChI=1S/C24H28N4O2/c1-5-27(6-2)23-13-9-10-14-15(11-13)21(29)16-12-17-19(25-23)20(18(16)22(14)30)26-24(17)28(7-3)8-4/h9-12,23-24,29-30H,5-8H2,1-4H3. The van der Waals surface area contributed by atoms with Crippen molar-refractivity contribution in [2.24, 2.45) is 9.98 Å². The fourth-order valence-corrected chi connectivity index (χ4v) is 5.07. The summed E-state index contributed by atoms with van der Waals surface area (Å²) in [4.78, 5) is 14.9. The molecule has 8 rings (SSSR count). The Bertz CT molecular complexity index is 1290. The zero-order chi connectivity index (χ0) is 21.2. The zero-order valence-electron chi connectivity index (χ0n) is 18.0. The van der Waals surface area contributed by atoms with Gasteiger partial charge in [-0.25, -0.2) is 0 Å². The van der Waals surface area contributed by atoms with E-state index in [2.05, 4.69) is 37.5 Å². The molecule has 0 fully saturated rings. The Morgan fingerprint density at radius 2 is 1.37 bits per heavy atom. The van der Waals surface area contributed by atoms with Gasteiger partial charge < -0.3 is 10.2 Å². The van der Waals surface area contributed by atoms with Crippen LogP contribution in [0, 0.1) is 0 Å². The van der Waals surface area contributed by atoms with Gasteiger partial charge >= 0.3 is 0 Å². The first kappa shape index (κ1) is 19.3. The van der Waals surface area contributed by atoms with Gasteiger partial charge in [0.25, 0.3) is 0 Å². The highest BCUT2D eigenvalue weighted by atomic mass is 16.3. The topological polar surface area (TPSA) is 71.7 Å². The van der Waals surface area contributed by atoms with Crippen molar-refractivity contribution in [1.29, 1.82) is 0 Å². The van der Waals surface area contributed by atoms with E-state index in [-0.39, 0.29) is 23.8 Å². The van der Waals surface area contributed by atoms with Gasteiger partial charge in [0.15, 0.2) is 0 Å². The van der Waals surface area contributed by atoms with Crippen LogP contribution in [0.15, 0.2) is 34.3 Å². The Labute approximate surface area is 175 Å². The molecule has 5 aliphatic rings. The third kappa shape index (κ3) is 2.44. The molecule has 2 N–H and O–H groups in total. The summed E-state index contributed by atoms with van der Waals surface area (Å²) >= 11 is 0. The van der Waals surface area contributed by atoms with Crippen LogP contribution in [0.4, 0.5) is 0 Å². The fourth-order valence-electron chi connectivity index (χ4n) is 5.07. The predicted octanol–water partition coefficient (Wildman–Crippen LogP) is 3.35. The van der Waals surface area contributed by atoms with Crippen LogP contribution >= 0.6 is 0 Å². The monoisotopic (exact) mass is 404 g/mol. The van der Waals surface area contributed by atoms with E-state index in [0.29, 0.717) is 26.9 Å². The van der Waals surface area contributed by atoms with Crippen molar-refractivity contribution in [3.8, 4) is 11.5 Å². The van der Waals surface area contributed by atoms with Gasteiger partial charge in [0.1, 0.15) is 23.8 Å². The number of nitrogens with zero attached hydrogens (tertiary/aromatic N) is 4. The number of rotatable bonds is 6. The van der Waals surface area contributed by atoms with Gasteiger partial charge in [-0.05, 0) is 43.9 Å². The van der Waals surface area contributed by atoms with E-state index in [0.717, 1.165) is 42.7 Å². The smallest absolute Gasteiger partial charge is 0.133 e. The summed E-state index contributed by atoms with van der Waals surface area (Å²) in [5.41, 5.74) is 2.03. The van der Waals surface area contributed by atoms with Crippen molar-refractivity contribution >= 4 is 21.5 Å². The Morgan fingerprint density at radius 1 is 0.733 bits per heavy atom. The lowest BCUT2D eigenvalue weighted by Crippen LogP contribution is -2.34. The van der Waals surface area contributed by atoms with Crippen LogP contribution in [-0.4, -0.2) is 46.2 Å². The number of hydrogen-bond donors (Lipinski definition) is 2. The molecule has 3 aromatic carbocycles. The number of phenolic OH excluding ortho intramolecular Hbond substituents is 2. The highest BCUT2D eigenvalue weighted by Gasteiger charge is 2.31. The van der Waals surface area contributed by atoms with Crippen LogP contribution in [0.25, 0.3) is 21.5 Å². The molecule has 0 radical (unpaired) electrons. The average Bonchev–Trinajstić information content (AvgIpc) is 2.99. The van der Waals surface area contributed by atoms with Crippen molar-refractivity contribution in [1.82, 2.24) is 9.80 Å². The molecule has 5 aliphatic heterocycles. The highest BCUT2D eigenvalue weighted by molar-refractivity contribution is 6.11. The molecule has 0 aliphatic carbocycles. The van der Waals surface area contributed by atoms with Gasteiger partial charge in [0.05, 0.1) is 16.1 Å². The van der Waals surface area contributed by atoms with Gasteiger partial charge in [0, 0.05) is 21.7 Å². The van der Waals surface area contributed by atoms with E-state index in [9.17, 15) is 10.2 Å². The van der Waals surface area contributed by atoms with Gasteiger partial charge in [-0.2, -0.15) is 0 Å². The Morgan fingerprint density at radius 3 is 2.03 bits per heavy atom. The molecule has 0 amide bonds. The van der Waals surface area contributed by atoms with Crippen molar-refractivity contribution in [2.45, 2.75) is 40.0 Å². The lowest BCUT2D eigenvalue weighted by Gasteiger charge is -2.28. The van der Waals surface area contributed by atoms with E-state index in [4.69, 9.17) is 9.98 Å². The molecule has 3 aromatic rings. The maximum atomic E-state index is 11.2. The second-order valence-corrected chi connectivity index (χ2v) is 8.04. The minimum atomic E-state index is -0.166. The minimum absolute atomic E-state index is 0.148. The molecule has 2 atom stereocenters. The minimum Gasteiger partial charge on any atom is -0.507 e. The molecule has 30 heavy (non-hydrogen) atoms. The molecular weight excluding hydrogens is 376 g/mol. The first-order chi connectivity index (χ1) is 14.5. The second-order valence-electron chi connectivity index (χ2n) is 8.04. The van der Waals surface area contributed by atoms with E-state index >= 15 is 0 Å². The molecular formula is C24H28N4O2. The first-order valence-corrected chi connectivity index (χ1v) is 10.9. The molecule has 0 aromatic heterocycles. The lowest BCUT2D eigenvalue weighted by atomic mass is 9.95. The van der Waals surface area contributed by atoms with Gasteiger partial charge in [-0.1, -0.05) is 39.8 Å². The summed E-state index contributed by atoms with van der Waals surface area (Å²) < 4.78 is 0. The Kier molecular flexibility index (Phi) is 4.45. The van der Waals surface area contributed by atoms with Crippen molar-refractivity contribution in [3.63, 3.8) is 0 Å². The molecule has 5 heterocycles. The zero-order valence-corrected chi connectivity index (χ0v) is 18.0. The Balaban J connectivity index is 1.98. The number of aromatic hydroxyl groups is 2. The number of fused-ring (bicyclic) bond motifs is 1. The second kappa shape index (κ2) is 6.93. The quantitative estimate of drug-likeness (QED) is 0.488. The summed E-state index contributed by atoms with van der Waals surface area (Å²) in [7, 11) is 0. The van der Waals surface area contributed by atoms with Gasteiger partial charge in [-0.3, -0.25) is 19.8 Å². The van der Waals surface area contributed by atoms with E-state index in [1.165, 1.54) is 0 Å². The van der Waals surface area contributed by atoms with Crippen LogP contribution < -0.4 is 10.7 Å². The van der Waals surface area contributed by atoms with E-state index in [1.54, 1.807) is 0 Å². The summed E-state index contributed by atoms with van der Waals surface area (Å²) in [6.07, 6.45) is -0.314. The molecule has 8 bridgehead atoms. The van der Waals surface area contributed by atoms with Crippen LogP contribution in [-0.2, 0) is 0 Å². The van der Waals surface area contributed by atoms with Crippen LogP contribution in [0.3, 0.4) is 0 Å². The SMILES string of the molecule is CCN(CC)C1N=c2c3cc4c(O)c5cc1ccc5c(O)c4c2=NC3N(CC)CC. The summed E-state index contributed by atoms with van der Waals surface area (Å²) in [6.45, 7) is 12.0. The summed E-state index contributed by atoms with van der Waals surface area (Å²) in [5.74, 6) is 0.386. The molecule has 2 unspecified atom stereocenters. The maximum Gasteiger partial charge on any atom is 0.133 e. The number of hydrogen-bond acceptors (Lipinski definition) is 6.